The SMILES string of the molecule is CCNC(=NCCCOCC1CCOC1)NCCOc1cccc(C)c1. The molecule has 2 rings (SSSR count). The summed E-state index contributed by atoms with van der Waals surface area (Å²) in [5.74, 6) is 2.30. The zero-order valence-electron chi connectivity index (χ0n) is 16.1. The Bertz CT molecular complexity index is 531. The van der Waals surface area contributed by atoms with Crippen LogP contribution < -0.4 is 15.4 Å². The molecular formula is C20H33N3O3. The fourth-order valence-electron chi connectivity index (χ4n) is 2.71. The van der Waals surface area contributed by atoms with Gasteiger partial charge in [0.15, 0.2) is 5.96 Å². The maximum absolute atomic E-state index is 5.75. The van der Waals surface area contributed by atoms with Crippen molar-refractivity contribution in [2.24, 2.45) is 10.9 Å². The Morgan fingerprint density at radius 2 is 2.23 bits per heavy atom. The average Bonchev–Trinajstić information content (AvgIpc) is 3.15. The Kier molecular flexibility index (Phi) is 9.90. The van der Waals surface area contributed by atoms with E-state index >= 15 is 0 Å². The average molecular weight is 364 g/mol. The number of hydrogen-bond donors (Lipinski definition) is 2. The zero-order chi connectivity index (χ0) is 18.5. The van der Waals surface area contributed by atoms with Gasteiger partial charge in [-0.2, -0.15) is 0 Å². The van der Waals surface area contributed by atoms with Crippen LogP contribution in [0.3, 0.4) is 0 Å². The van der Waals surface area contributed by atoms with E-state index in [-0.39, 0.29) is 0 Å². The Morgan fingerprint density at radius 1 is 1.31 bits per heavy atom. The molecule has 0 bridgehead atoms. The number of guanidine groups is 1. The standard InChI is InChI=1S/C20H33N3O3/c1-3-21-20(22-9-5-11-24-15-18-8-12-25-16-18)23-10-13-26-19-7-4-6-17(2)14-19/h4,6-7,14,18H,3,5,8-13,15-16H2,1-2H3,(H2,21,22,23). The first-order valence-electron chi connectivity index (χ1n) is 9.65. The van der Waals surface area contributed by atoms with E-state index in [1.807, 2.05) is 18.2 Å². The van der Waals surface area contributed by atoms with Crippen molar-refractivity contribution < 1.29 is 14.2 Å². The van der Waals surface area contributed by atoms with Crippen LogP contribution in [0.25, 0.3) is 0 Å². The summed E-state index contributed by atoms with van der Waals surface area (Å²) < 4.78 is 16.8. The lowest BCUT2D eigenvalue weighted by Crippen LogP contribution is -2.39. The summed E-state index contributed by atoms with van der Waals surface area (Å²) in [5.41, 5.74) is 1.20. The molecule has 1 saturated heterocycles. The minimum Gasteiger partial charge on any atom is -0.492 e. The number of nitrogens with zero attached hydrogens (tertiary/aromatic N) is 1. The van der Waals surface area contributed by atoms with Crippen molar-refractivity contribution in [2.75, 3.05) is 52.7 Å². The van der Waals surface area contributed by atoms with E-state index in [0.717, 1.165) is 64.1 Å². The minimum absolute atomic E-state index is 0.575. The first-order valence-corrected chi connectivity index (χ1v) is 9.65. The summed E-state index contributed by atoms with van der Waals surface area (Å²) in [4.78, 5) is 4.58. The number of aryl methyl sites for hydroxylation is 1. The molecule has 1 heterocycles. The van der Waals surface area contributed by atoms with Crippen LogP contribution >= 0.6 is 0 Å². The normalized spacial score (nSPS) is 17.3. The highest BCUT2D eigenvalue weighted by Gasteiger charge is 2.15. The van der Waals surface area contributed by atoms with Gasteiger partial charge in [0.1, 0.15) is 12.4 Å². The van der Waals surface area contributed by atoms with E-state index < -0.39 is 0 Å². The predicted molar refractivity (Wildman–Crippen MR) is 105 cm³/mol. The Hall–Kier alpha value is -1.79. The summed E-state index contributed by atoms with van der Waals surface area (Å²) in [6.07, 6.45) is 2.04. The number of benzene rings is 1. The van der Waals surface area contributed by atoms with E-state index in [2.05, 4.69) is 35.5 Å². The van der Waals surface area contributed by atoms with Crippen LogP contribution in [0.4, 0.5) is 0 Å². The van der Waals surface area contributed by atoms with Gasteiger partial charge in [0.2, 0.25) is 0 Å². The fraction of sp³-hybridized carbons (Fsp3) is 0.650. The van der Waals surface area contributed by atoms with Gasteiger partial charge in [-0.05, 0) is 44.4 Å². The Balaban J connectivity index is 1.56. The molecule has 1 aliphatic rings. The molecule has 26 heavy (non-hydrogen) atoms. The lowest BCUT2D eigenvalue weighted by atomic mass is 10.1. The topological polar surface area (TPSA) is 64.1 Å². The molecule has 1 aromatic rings. The van der Waals surface area contributed by atoms with Gasteiger partial charge < -0.3 is 24.8 Å². The molecule has 2 N–H and O–H groups in total. The molecule has 0 aromatic heterocycles. The quantitative estimate of drug-likeness (QED) is 0.359. The molecule has 0 amide bonds. The van der Waals surface area contributed by atoms with Crippen molar-refractivity contribution in [3.63, 3.8) is 0 Å². The van der Waals surface area contributed by atoms with Crippen LogP contribution in [0.1, 0.15) is 25.3 Å². The number of ether oxygens (including phenoxy) is 3. The maximum atomic E-state index is 5.75. The van der Waals surface area contributed by atoms with Crippen molar-refractivity contribution in [1.29, 1.82) is 0 Å². The first-order chi connectivity index (χ1) is 12.8. The summed E-state index contributed by atoms with van der Waals surface area (Å²) >= 11 is 0. The predicted octanol–water partition coefficient (Wildman–Crippen LogP) is 2.37. The monoisotopic (exact) mass is 363 g/mol. The third kappa shape index (κ3) is 8.54. The van der Waals surface area contributed by atoms with Crippen LogP contribution in [0, 0.1) is 12.8 Å². The van der Waals surface area contributed by atoms with Gasteiger partial charge in [0, 0.05) is 32.2 Å². The fourth-order valence-corrected chi connectivity index (χ4v) is 2.71. The third-order valence-corrected chi connectivity index (χ3v) is 4.09. The smallest absolute Gasteiger partial charge is 0.191 e. The molecule has 1 fully saturated rings. The molecule has 1 unspecified atom stereocenters. The van der Waals surface area contributed by atoms with E-state index in [1.165, 1.54) is 5.56 Å². The largest absolute Gasteiger partial charge is 0.492 e. The van der Waals surface area contributed by atoms with Crippen LogP contribution in [0.5, 0.6) is 5.75 Å². The first kappa shape index (κ1) is 20.5. The molecule has 146 valence electrons. The molecule has 1 atom stereocenters. The zero-order valence-corrected chi connectivity index (χ0v) is 16.1. The second-order valence-corrected chi connectivity index (χ2v) is 6.51. The van der Waals surface area contributed by atoms with Gasteiger partial charge in [-0.1, -0.05) is 12.1 Å². The molecule has 6 nitrogen and oxygen atoms in total. The van der Waals surface area contributed by atoms with E-state index in [4.69, 9.17) is 14.2 Å². The molecule has 0 saturated carbocycles. The van der Waals surface area contributed by atoms with E-state index in [9.17, 15) is 0 Å². The van der Waals surface area contributed by atoms with Gasteiger partial charge in [-0.15, -0.1) is 0 Å². The molecule has 0 radical (unpaired) electrons. The Labute approximate surface area is 157 Å². The van der Waals surface area contributed by atoms with Gasteiger partial charge in [0.25, 0.3) is 0 Å². The highest BCUT2D eigenvalue weighted by Crippen LogP contribution is 2.12. The number of nitrogens with one attached hydrogen (secondary N) is 2. The van der Waals surface area contributed by atoms with Gasteiger partial charge in [0.05, 0.1) is 19.8 Å². The van der Waals surface area contributed by atoms with Crippen LogP contribution in [-0.2, 0) is 9.47 Å². The summed E-state index contributed by atoms with van der Waals surface area (Å²) in [7, 11) is 0. The van der Waals surface area contributed by atoms with Crippen LogP contribution in [-0.4, -0.2) is 58.6 Å². The lowest BCUT2D eigenvalue weighted by molar-refractivity contribution is 0.0893. The van der Waals surface area contributed by atoms with Crippen molar-refractivity contribution in [2.45, 2.75) is 26.7 Å². The van der Waals surface area contributed by atoms with Gasteiger partial charge in [-0.25, -0.2) is 0 Å². The highest BCUT2D eigenvalue weighted by molar-refractivity contribution is 5.79. The van der Waals surface area contributed by atoms with Crippen LogP contribution in [0.2, 0.25) is 0 Å². The van der Waals surface area contributed by atoms with Crippen LogP contribution in [0.15, 0.2) is 29.3 Å². The van der Waals surface area contributed by atoms with E-state index in [1.54, 1.807) is 0 Å². The summed E-state index contributed by atoms with van der Waals surface area (Å²) in [6, 6.07) is 8.08. The summed E-state index contributed by atoms with van der Waals surface area (Å²) in [5, 5.41) is 6.55. The molecule has 6 heteroatoms. The van der Waals surface area contributed by atoms with Gasteiger partial charge >= 0.3 is 0 Å². The maximum Gasteiger partial charge on any atom is 0.191 e. The Morgan fingerprint density at radius 3 is 3.00 bits per heavy atom. The molecular weight excluding hydrogens is 330 g/mol. The molecule has 1 aromatic carbocycles. The van der Waals surface area contributed by atoms with E-state index in [0.29, 0.717) is 19.1 Å². The van der Waals surface area contributed by atoms with Crippen molar-refractivity contribution in [3.05, 3.63) is 29.8 Å². The minimum atomic E-state index is 0.575. The molecule has 0 spiro atoms. The number of rotatable bonds is 11. The molecule has 1 aliphatic heterocycles. The highest BCUT2D eigenvalue weighted by atomic mass is 16.5. The van der Waals surface area contributed by atoms with Crippen molar-refractivity contribution in [1.82, 2.24) is 10.6 Å². The number of hydrogen-bond acceptors (Lipinski definition) is 4. The lowest BCUT2D eigenvalue weighted by Gasteiger charge is -2.12. The second-order valence-electron chi connectivity index (χ2n) is 6.51. The van der Waals surface area contributed by atoms with Crippen molar-refractivity contribution in [3.8, 4) is 5.75 Å². The molecule has 0 aliphatic carbocycles. The van der Waals surface area contributed by atoms with Gasteiger partial charge in [-0.3, -0.25) is 4.99 Å². The number of aliphatic imine (C=N–C) groups is 1. The third-order valence-electron chi connectivity index (χ3n) is 4.09. The summed E-state index contributed by atoms with van der Waals surface area (Å²) in [6.45, 7) is 10.3. The van der Waals surface area contributed by atoms with Crippen molar-refractivity contribution >= 4 is 5.96 Å². The second kappa shape index (κ2) is 12.5.